The zero-order chi connectivity index (χ0) is 20.1. The molecule has 29 heavy (non-hydrogen) atoms. The first-order chi connectivity index (χ1) is 14.2. The Hall–Kier alpha value is -2.79. The standard InChI is InChI=1S/C24H29N3O2/c1-2-26-12-11-21-17-19(5-9-23(21)26)6-10-24(28)25-18-20-3-7-22(8-4-20)27-13-15-29-16-14-27/h3-5,7-9,11-12,17H,2,6,10,13-16,18H2,1H3,(H,25,28). The number of carbonyl (C=O) groups excluding carboxylic acids is 1. The first-order valence-electron chi connectivity index (χ1n) is 10.5. The molecule has 0 unspecified atom stereocenters. The number of fused-ring (bicyclic) bond motifs is 1. The van der Waals surface area contributed by atoms with E-state index in [4.69, 9.17) is 4.74 Å². The van der Waals surface area contributed by atoms with Crippen molar-refractivity contribution in [2.45, 2.75) is 32.9 Å². The SMILES string of the molecule is CCn1ccc2cc(CCC(=O)NCc3ccc(N4CCOCC4)cc3)ccc21. The molecule has 5 heteroatoms. The predicted molar refractivity (Wildman–Crippen MR) is 117 cm³/mol. The normalized spacial score (nSPS) is 14.3. The molecular weight excluding hydrogens is 362 g/mol. The Kier molecular flexibility index (Phi) is 6.15. The van der Waals surface area contributed by atoms with Gasteiger partial charge in [-0.2, -0.15) is 0 Å². The zero-order valence-electron chi connectivity index (χ0n) is 17.1. The van der Waals surface area contributed by atoms with Gasteiger partial charge in [0.1, 0.15) is 0 Å². The van der Waals surface area contributed by atoms with Crippen molar-refractivity contribution < 1.29 is 9.53 Å². The molecule has 0 atom stereocenters. The summed E-state index contributed by atoms with van der Waals surface area (Å²) in [5.41, 5.74) is 4.80. The molecule has 0 aliphatic carbocycles. The number of nitrogens with zero attached hydrogens (tertiary/aromatic N) is 2. The molecule has 1 aliphatic rings. The average Bonchev–Trinajstić information content (AvgIpc) is 3.19. The molecule has 3 aromatic rings. The third-order valence-electron chi connectivity index (χ3n) is 5.62. The Morgan fingerprint density at radius 3 is 2.55 bits per heavy atom. The fourth-order valence-electron chi connectivity index (χ4n) is 3.87. The van der Waals surface area contributed by atoms with Crippen LogP contribution >= 0.6 is 0 Å². The highest BCUT2D eigenvalue weighted by Gasteiger charge is 2.11. The number of carbonyl (C=O) groups is 1. The fourth-order valence-corrected chi connectivity index (χ4v) is 3.87. The van der Waals surface area contributed by atoms with Gasteiger partial charge < -0.3 is 19.5 Å². The maximum absolute atomic E-state index is 12.3. The van der Waals surface area contributed by atoms with Crippen LogP contribution in [0.3, 0.4) is 0 Å². The van der Waals surface area contributed by atoms with Gasteiger partial charge in [-0.3, -0.25) is 4.79 Å². The van der Waals surface area contributed by atoms with Gasteiger partial charge in [-0.15, -0.1) is 0 Å². The Morgan fingerprint density at radius 1 is 1.03 bits per heavy atom. The van der Waals surface area contributed by atoms with Gasteiger partial charge in [-0.25, -0.2) is 0 Å². The smallest absolute Gasteiger partial charge is 0.220 e. The van der Waals surface area contributed by atoms with E-state index in [0.29, 0.717) is 13.0 Å². The summed E-state index contributed by atoms with van der Waals surface area (Å²) in [5, 5.41) is 4.28. The number of hydrogen-bond donors (Lipinski definition) is 1. The zero-order valence-corrected chi connectivity index (χ0v) is 17.1. The summed E-state index contributed by atoms with van der Waals surface area (Å²) in [4.78, 5) is 14.6. The number of anilines is 1. The van der Waals surface area contributed by atoms with Crippen molar-refractivity contribution in [2.24, 2.45) is 0 Å². The fraction of sp³-hybridized carbons (Fsp3) is 0.375. The highest BCUT2D eigenvalue weighted by Crippen LogP contribution is 2.19. The third kappa shape index (κ3) is 4.80. The van der Waals surface area contributed by atoms with Gasteiger partial charge in [0.25, 0.3) is 0 Å². The highest BCUT2D eigenvalue weighted by molar-refractivity contribution is 5.81. The largest absolute Gasteiger partial charge is 0.378 e. The molecule has 4 rings (SSSR count). The van der Waals surface area contributed by atoms with E-state index in [1.54, 1.807) is 0 Å². The van der Waals surface area contributed by atoms with E-state index in [-0.39, 0.29) is 5.91 Å². The van der Waals surface area contributed by atoms with E-state index >= 15 is 0 Å². The number of morpholine rings is 1. The molecule has 1 saturated heterocycles. The molecule has 1 amide bonds. The monoisotopic (exact) mass is 391 g/mol. The molecule has 1 N–H and O–H groups in total. The molecular formula is C24H29N3O2. The van der Waals surface area contributed by atoms with Crippen LogP contribution in [-0.2, 0) is 29.0 Å². The van der Waals surface area contributed by atoms with Crippen LogP contribution in [0.5, 0.6) is 0 Å². The molecule has 0 saturated carbocycles. The minimum absolute atomic E-state index is 0.0912. The van der Waals surface area contributed by atoms with Gasteiger partial charge in [0, 0.05) is 50.0 Å². The highest BCUT2D eigenvalue weighted by atomic mass is 16.5. The minimum Gasteiger partial charge on any atom is -0.378 e. The Bertz CT molecular complexity index is 956. The molecule has 2 heterocycles. The van der Waals surface area contributed by atoms with Crippen LogP contribution in [0.2, 0.25) is 0 Å². The number of ether oxygens (including phenoxy) is 1. The Morgan fingerprint density at radius 2 is 1.79 bits per heavy atom. The van der Waals surface area contributed by atoms with Gasteiger partial charge in [-0.1, -0.05) is 18.2 Å². The van der Waals surface area contributed by atoms with Crippen LogP contribution in [0.1, 0.15) is 24.5 Å². The summed E-state index contributed by atoms with van der Waals surface area (Å²) in [5.74, 6) is 0.0912. The number of amides is 1. The summed E-state index contributed by atoms with van der Waals surface area (Å²) in [6, 6.07) is 17.1. The predicted octanol–water partition coefficient (Wildman–Crippen LogP) is 3.75. The Balaban J connectivity index is 1.25. The lowest BCUT2D eigenvalue weighted by atomic mass is 10.1. The second kappa shape index (κ2) is 9.14. The lowest BCUT2D eigenvalue weighted by Crippen LogP contribution is -2.36. The molecule has 2 aromatic carbocycles. The molecule has 0 radical (unpaired) electrons. The van der Waals surface area contributed by atoms with E-state index in [9.17, 15) is 4.79 Å². The second-order valence-electron chi connectivity index (χ2n) is 7.54. The minimum atomic E-state index is 0.0912. The van der Waals surface area contributed by atoms with E-state index in [1.165, 1.54) is 22.2 Å². The van der Waals surface area contributed by atoms with Crippen LogP contribution < -0.4 is 10.2 Å². The number of rotatable bonds is 7. The van der Waals surface area contributed by atoms with Crippen molar-refractivity contribution in [1.29, 1.82) is 0 Å². The van der Waals surface area contributed by atoms with Crippen LogP contribution in [0.25, 0.3) is 10.9 Å². The molecule has 1 fully saturated rings. The number of aryl methyl sites for hydroxylation is 2. The van der Waals surface area contributed by atoms with Crippen molar-refractivity contribution in [1.82, 2.24) is 9.88 Å². The number of benzene rings is 2. The van der Waals surface area contributed by atoms with Gasteiger partial charge in [0.15, 0.2) is 0 Å². The topological polar surface area (TPSA) is 46.5 Å². The Labute approximate surface area is 172 Å². The van der Waals surface area contributed by atoms with Crippen molar-refractivity contribution >= 4 is 22.5 Å². The maximum Gasteiger partial charge on any atom is 0.220 e. The lowest BCUT2D eigenvalue weighted by Gasteiger charge is -2.28. The van der Waals surface area contributed by atoms with Gasteiger partial charge in [-0.05, 0) is 60.2 Å². The summed E-state index contributed by atoms with van der Waals surface area (Å²) < 4.78 is 7.63. The summed E-state index contributed by atoms with van der Waals surface area (Å²) in [7, 11) is 0. The molecule has 0 spiro atoms. The number of nitrogens with one attached hydrogen (secondary N) is 1. The van der Waals surface area contributed by atoms with E-state index in [1.807, 2.05) is 0 Å². The van der Waals surface area contributed by atoms with Gasteiger partial charge >= 0.3 is 0 Å². The summed E-state index contributed by atoms with van der Waals surface area (Å²) >= 11 is 0. The van der Waals surface area contributed by atoms with E-state index in [2.05, 4.69) is 76.4 Å². The van der Waals surface area contributed by atoms with Gasteiger partial charge in [0.2, 0.25) is 5.91 Å². The van der Waals surface area contributed by atoms with Crippen LogP contribution in [0.4, 0.5) is 5.69 Å². The van der Waals surface area contributed by atoms with Crippen LogP contribution in [0.15, 0.2) is 54.7 Å². The van der Waals surface area contributed by atoms with Crippen molar-refractivity contribution in [2.75, 3.05) is 31.2 Å². The van der Waals surface area contributed by atoms with E-state index in [0.717, 1.165) is 44.8 Å². The molecule has 1 aromatic heterocycles. The first-order valence-corrected chi connectivity index (χ1v) is 10.5. The first kappa shape index (κ1) is 19.5. The average molecular weight is 392 g/mol. The van der Waals surface area contributed by atoms with Crippen LogP contribution in [-0.4, -0.2) is 36.8 Å². The molecule has 1 aliphatic heterocycles. The molecule has 0 bridgehead atoms. The summed E-state index contributed by atoms with van der Waals surface area (Å²) in [6.45, 7) is 7.13. The molecule has 5 nitrogen and oxygen atoms in total. The van der Waals surface area contributed by atoms with Gasteiger partial charge in [0.05, 0.1) is 13.2 Å². The number of hydrogen-bond acceptors (Lipinski definition) is 3. The lowest BCUT2D eigenvalue weighted by molar-refractivity contribution is -0.121. The number of aromatic nitrogens is 1. The quantitative estimate of drug-likeness (QED) is 0.667. The van der Waals surface area contributed by atoms with Crippen molar-refractivity contribution in [3.05, 3.63) is 65.9 Å². The van der Waals surface area contributed by atoms with Crippen LogP contribution in [0, 0.1) is 0 Å². The van der Waals surface area contributed by atoms with Crippen molar-refractivity contribution in [3.63, 3.8) is 0 Å². The summed E-state index contributed by atoms with van der Waals surface area (Å²) in [6.07, 6.45) is 3.38. The third-order valence-corrected chi connectivity index (χ3v) is 5.62. The van der Waals surface area contributed by atoms with E-state index < -0.39 is 0 Å². The maximum atomic E-state index is 12.3. The molecule has 152 valence electrons. The second-order valence-corrected chi connectivity index (χ2v) is 7.54. The van der Waals surface area contributed by atoms with Crippen molar-refractivity contribution in [3.8, 4) is 0 Å².